The third-order valence-electron chi connectivity index (χ3n) is 17.9. The van der Waals surface area contributed by atoms with Crippen molar-refractivity contribution in [3.8, 4) is 11.1 Å². The molecular weight excluding hydrogens is 1040 g/mol. The van der Waals surface area contributed by atoms with Crippen molar-refractivity contribution < 1.29 is 0 Å². The molecular formula is C84H72N2. The fourth-order valence-electron chi connectivity index (χ4n) is 13.5. The molecule has 0 saturated heterocycles. The Morgan fingerprint density at radius 2 is 0.477 bits per heavy atom. The topological polar surface area (TPSA) is 6.48 Å². The molecule has 2 aliphatic rings. The summed E-state index contributed by atoms with van der Waals surface area (Å²) in [6.07, 6.45) is 26.7. The SMILES string of the molecule is Cc1ccc(N(c2ccc(C=Cc3ccc(C=C4CCCCC4)cc3)cc2)c2c3ccccc3c(-c3c4ccccc4c(N(c4ccc(C)cc4)c4ccc(C=Cc5ccc(C=C6CCCCC6)cc5)cc4)c4ccccc34)c3ccccc23)cc1. The fraction of sp³-hybridized carbons (Fsp3) is 0.143. The van der Waals surface area contributed by atoms with Crippen LogP contribution in [0, 0.1) is 13.8 Å². The van der Waals surface area contributed by atoms with Crippen LogP contribution in [0.5, 0.6) is 0 Å². The highest BCUT2D eigenvalue weighted by Gasteiger charge is 2.27. The van der Waals surface area contributed by atoms with E-state index in [1.165, 1.54) is 152 Å². The Balaban J connectivity index is 0.873. The van der Waals surface area contributed by atoms with Gasteiger partial charge in [-0.25, -0.2) is 0 Å². The fourth-order valence-corrected chi connectivity index (χ4v) is 13.5. The molecule has 0 amide bonds. The summed E-state index contributed by atoms with van der Waals surface area (Å²) in [6, 6.07) is 90.6. The quantitative estimate of drug-likeness (QED) is 0.0839. The van der Waals surface area contributed by atoms with Crippen LogP contribution >= 0.6 is 0 Å². The molecule has 418 valence electrons. The van der Waals surface area contributed by atoms with Gasteiger partial charge >= 0.3 is 0 Å². The normalized spacial score (nSPS) is 13.8. The van der Waals surface area contributed by atoms with Crippen LogP contribution in [0.3, 0.4) is 0 Å². The zero-order valence-corrected chi connectivity index (χ0v) is 49.5. The Morgan fingerprint density at radius 3 is 0.756 bits per heavy atom. The van der Waals surface area contributed by atoms with Crippen LogP contribution in [0.25, 0.3) is 90.7 Å². The van der Waals surface area contributed by atoms with Gasteiger partial charge in [0.25, 0.3) is 0 Å². The summed E-state index contributed by atoms with van der Waals surface area (Å²) in [4.78, 5) is 4.96. The summed E-state index contributed by atoms with van der Waals surface area (Å²) in [5.74, 6) is 0. The van der Waals surface area contributed by atoms with E-state index in [0.29, 0.717) is 0 Å². The predicted octanol–water partition coefficient (Wildman–Crippen LogP) is 24.6. The van der Waals surface area contributed by atoms with E-state index in [9.17, 15) is 0 Å². The van der Waals surface area contributed by atoms with Crippen LogP contribution in [0.4, 0.5) is 34.1 Å². The van der Waals surface area contributed by atoms with Gasteiger partial charge in [-0.2, -0.15) is 0 Å². The molecule has 0 bridgehead atoms. The average Bonchev–Trinajstić information content (AvgIpc) is 0.832. The van der Waals surface area contributed by atoms with E-state index < -0.39 is 0 Å². The van der Waals surface area contributed by atoms with Gasteiger partial charge in [0, 0.05) is 44.3 Å². The second kappa shape index (κ2) is 24.4. The standard InChI is InChI=1S/C84H72N2/c1-59-29-49-69(50-30-59)85(71-53-45-63(46-54-71)35-33-61-37-41-67(42-38-61)57-65-17-5-3-6-18-65)83-77-25-13-9-21-73(77)81(74-22-10-14-26-78(74)83)82-75-23-11-15-27-79(75)84(80-28-16-12-24-76(80)82)86(70-51-31-60(2)32-52-70)72-55-47-64(48-56-72)36-34-62-39-43-68(44-40-62)58-66-19-7-4-8-20-66/h9-16,21-58H,3-8,17-20H2,1-2H3. The van der Waals surface area contributed by atoms with Crippen LogP contribution in [0.1, 0.15) is 109 Å². The number of fused-ring (bicyclic) bond motifs is 4. The lowest BCUT2D eigenvalue weighted by Crippen LogP contribution is -2.12. The molecule has 2 heteroatoms. The Bertz CT molecular complexity index is 4110. The minimum atomic E-state index is 1.10. The molecule has 0 spiro atoms. The Kier molecular flexibility index (Phi) is 15.4. The van der Waals surface area contributed by atoms with Gasteiger partial charge in [-0.15, -0.1) is 0 Å². The van der Waals surface area contributed by atoms with Gasteiger partial charge in [-0.1, -0.05) is 266 Å². The molecule has 86 heavy (non-hydrogen) atoms. The molecule has 2 aliphatic carbocycles. The summed E-state index contributed by atoms with van der Waals surface area (Å²) in [7, 11) is 0. The third-order valence-corrected chi connectivity index (χ3v) is 17.9. The lowest BCUT2D eigenvalue weighted by molar-refractivity contribution is 0.602. The van der Waals surface area contributed by atoms with Crippen molar-refractivity contribution in [2.45, 2.75) is 78.1 Å². The van der Waals surface area contributed by atoms with Gasteiger partial charge in [-0.05, 0) is 180 Å². The van der Waals surface area contributed by atoms with Crippen LogP contribution in [0.2, 0.25) is 0 Å². The molecule has 0 N–H and O–H groups in total. The summed E-state index contributed by atoms with van der Waals surface area (Å²) in [5.41, 5.74) is 22.1. The van der Waals surface area contributed by atoms with Crippen molar-refractivity contribution in [2.24, 2.45) is 0 Å². The van der Waals surface area contributed by atoms with Gasteiger partial charge in [0.05, 0.1) is 11.4 Å². The van der Waals surface area contributed by atoms with Crippen molar-refractivity contribution in [3.63, 3.8) is 0 Å². The molecule has 0 atom stereocenters. The molecule has 0 unspecified atom stereocenters. The Morgan fingerprint density at radius 1 is 0.244 bits per heavy atom. The molecule has 14 rings (SSSR count). The van der Waals surface area contributed by atoms with Gasteiger partial charge in [0.1, 0.15) is 0 Å². The van der Waals surface area contributed by atoms with Crippen LogP contribution in [-0.4, -0.2) is 0 Å². The summed E-state index contributed by atoms with van der Waals surface area (Å²) in [5, 5.41) is 9.55. The second-order valence-electron chi connectivity index (χ2n) is 23.9. The van der Waals surface area contributed by atoms with E-state index in [4.69, 9.17) is 0 Å². The predicted molar refractivity (Wildman–Crippen MR) is 374 cm³/mol. The Hall–Kier alpha value is -9.76. The van der Waals surface area contributed by atoms with Crippen LogP contribution in [0.15, 0.2) is 254 Å². The van der Waals surface area contributed by atoms with E-state index in [-0.39, 0.29) is 0 Å². The summed E-state index contributed by atoms with van der Waals surface area (Å²) < 4.78 is 0. The maximum absolute atomic E-state index is 2.48. The lowest BCUT2D eigenvalue weighted by atomic mass is 9.84. The maximum atomic E-state index is 2.48. The molecule has 12 aromatic carbocycles. The zero-order valence-electron chi connectivity index (χ0n) is 49.5. The largest absolute Gasteiger partial charge is 0.309 e. The number of benzene rings is 12. The average molecular weight is 1110 g/mol. The summed E-state index contributed by atoms with van der Waals surface area (Å²) >= 11 is 0. The molecule has 0 aliphatic heterocycles. The third kappa shape index (κ3) is 11.2. The zero-order chi connectivity index (χ0) is 57.8. The molecule has 0 aromatic heterocycles. The lowest BCUT2D eigenvalue weighted by Gasteiger charge is -2.31. The number of allylic oxidation sites excluding steroid dienone is 2. The first-order chi connectivity index (χ1) is 42.5. The molecule has 12 aromatic rings. The van der Waals surface area contributed by atoms with E-state index >= 15 is 0 Å². The highest BCUT2D eigenvalue weighted by atomic mass is 15.2. The van der Waals surface area contributed by atoms with E-state index in [1.807, 2.05) is 0 Å². The van der Waals surface area contributed by atoms with E-state index in [2.05, 4.69) is 303 Å². The first kappa shape index (κ1) is 54.2. The highest BCUT2D eigenvalue weighted by Crippen LogP contribution is 2.54. The second-order valence-corrected chi connectivity index (χ2v) is 23.9. The van der Waals surface area contributed by atoms with Crippen molar-refractivity contribution in [3.05, 3.63) is 298 Å². The maximum Gasteiger partial charge on any atom is 0.0618 e. The number of rotatable bonds is 13. The van der Waals surface area contributed by atoms with Gasteiger partial charge in [0.2, 0.25) is 0 Å². The first-order valence-electron chi connectivity index (χ1n) is 31.2. The highest BCUT2D eigenvalue weighted by molar-refractivity contribution is 6.30. The molecule has 2 nitrogen and oxygen atoms in total. The van der Waals surface area contributed by atoms with Crippen LogP contribution in [-0.2, 0) is 0 Å². The minimum Gasteiger partial charge on any atom is -0.309 e. The monoisotopic (exact) mass is 1110 g/mol. The van der Waals surface area contributed by atoms with Crippen molar-refractivity contribution in [1.29, 1.82) is 0 Å². The molecule has 0 radical (unpaired) electrons. The number of nitrogens with zero attached hydrogens (tertiary/aromatic N) is 2. The van der Waals surface area contributed by atoms with Crippen LogP contribution < -0.4 is 9.80 Å². The molecule has 2 saturated carbocycles. The van der Waals surface area contributed by atoms with Crippen molar-refractivity contribution in [2.75, 3.05) is 9.80 Å². The molecule has 0 heterocycles. The molecule has 2 fully saturated rings. The number of aryl methyl sites for hydroxylation is 2. The Labute approximate surface area is 508 Å². The van der Waals surface area contributed by atoms with Gasteiger partial charge < -0.3 is 9.80 Å². The van der Waals surface area contributed by atoms with E-state index in [1.54, 1.807) is 11.1 Å². The van der Waals surface area contributed by atoms with E-state index in [0.717, 1.165) is 45.3 Å². The summed E-state index contributed by atoms with van der Waals surface area (Å²) in [6.45, 7) is 4.34. The van der Waals surface area contributed by atoms with Crippen molar-refractivity contribution >= 4 is 114 Å². The first-order valence-corrected chi connectivity index (χ1v) is 31.2. The number of anilines is 6. The number of hydrogen-bond acceptors (Lipinski definition) is 2. The van der Waals surface area contributed by atoms with Crippen molar-refractivity contribution in [1.82, 2.24) is 0 Å². The minimum absolute atomic E-state index is 1.10. The number of hydrogen-bond donors (Lipinski definition) is 0. The van der Waals surface area contributed by atoms with Gasteiger partial charge in [0.15, 0.2) is 0 Å². The van der Waals surface area contributed by atoms with Gasteiger partial charge in [-0.3, -0.25) is 0 Å². The smallest absolute Gasteiger partial charge is 0.0618 e.